The largest absolute Gasteiger partial charge is 0.298 e. The minimum atomic E-state index is -0.353. The van der Waals surface area contributed by atoms with Crippen LogP contribution in [0.4, 0.5) is 5.13 Å². The van der Waals surface area contributed by atoms with Crippen molar-refractivity contribution in [2.45, 2.75) is 13.5 Å². The van der Waals surface area contributed by atoms with E-state index in [1.54, 1.807) is 48.5 Å². The normalized spacial score (nSPS) is 12.7. The average Bonchev–Trinajstić information content (AvgIpc) is 3.39. The number of rotatable bonds is 5. The Morgan fingerprint density at radius 3 is 2.24 bits per heavy atom. The van der Waals surface area contributed by atoms with Crippen molar-refractivity contribution >= 4 is 34.2 Å². The molecule has 6 nitrogen and oxygen atoms in total. The van der Waals surface area contributed by atoms with Gasteiger partial charge in [-0.05, 0) is 30.7 Å². The van der Waals surface area contributed by atoms with Gasteiger partial charge in [-0.2, -0.15) is 0 Å². The first-order valence-corrected chi connectivity index (χ1v) is 11.3. The van der Waals surface area contributed by atoms with Crippen molar-refractivity contribution in [1.82, 2.24) is 9.88 Å². The van der Waals surface area contributed by atoms with Gasteiger partial charge in [0.05, 0.1) is 23.4 Å². The van der Waals surface area contributed by atoms with Crippen LogP contribution in [0.25, 0.3) is 11.3 Å². The SMILES string of the molecule is Cc1ccc(-c2csc(NC(=O)c3ccccc3CN3C(=O)c4ccccc4C3=O)n2)cc1. The summed E-state index contributed by atoms with van der Waals surface area (Å²) in [5.41, 5.74) is 4.67. The van der Waals surface area contributed by atoms with E-state index in [1.165, 1.54) is 16.2 Å². The standard InChI is InChI=1S/C26H19N3O3S/c1-16-10-12-17(13-11-16)22-15-33-26(27-22)28-23(30)19-7-3-2-6-18(19)14-29-24(31)20-8-4-5-9-21(20)25(29)32/h2-13,15H,14H2,1H3,(H,27,28,30). The Balaban J connectivity index is 1.35. The molecular weight excluding hydrogens is 434 g/mol. The summed E-state index contributed by atoms with van der Waals surface area (Å²) in [7, 11) is 0. The van der Waals surface area contributed by atoms with Crippen molar-refractivity contribution in [3.05, 3.63) is 106 Å². The number of hydrogen-bond donors (Lipinski definition) is 1. The van der Waals surface area contributed by atoms with E-state index in [0.717, 1.165) is 16.8 Å². The van der Waals surface area contributed by atoms with E-state index in [4.69, 9.17) is 0 Å². The Hall–Kier alpha value is -4.10. The van der Waals surface area contributed by atoms with E-state index in [0.29, 0.717) is 27.4 Å². The van der Waals surface area contributed by atoms with Gasteiger partial charge in [0.15, 0.2) is 5.13 Å². The first-order chi connectivity index (χ1) is 16.0. The third-order valence-electron chi connectivity index (χ3n) is 5.54. The number of nitrogens with one attached hydrogen (secondary N) is 1. The molecule has 0 unspecified atom stereocenters. The zero-order valence-corrected chi connectivity index (χ0v) is 18.6. The summed E-state index contributed by atoms with van der Waals surface area (Å²) < 4.78 is 0. The van der Waals surface area contributed by atoms with Crippen LogP contribution in [0, 0.1) is 6.92 Å². The van der Waals surface area contributed by atoms with Gasteiger partial charge in [-0.15, -0.1) is 11.3 Å². The zero-order valence-electron chi connectivity index (χ0n) is 17.7. The lowest BCUT2D eigenvalue weighted by Gasteiger charge is -2.16. The third kappa shape index (κ3) is 3.94. The van der Waals surface area contributed by atoms with Gasteiger partial charge in [0.25, 0.3) is 17.7 Å². The number of benzene rings is 3. The fourth-order valence-corrected chi connectivity index (χ4v) is 4.50. The quantitative estimate of drug-likeness (QED) is 0.423. The monoisotopic (exact) mass is 453 g/mol. The molecule has 0 bridgehead atoms. The highest BCUT2D eigenvalue weighted by Crippen LogP contribution is 2.27. The summed E-state index contributed by atoms with van der Waals surface area (Å²) in [5, 5.41) is 5.22. The van der Waals surface area contributed by atoms with Crippen molar-refractivity contribution in [2.75, 3.05) is 5.32 Å². The van der Waals surface area contributed by atoms with E-state index in [1.807, 2.05) is 36.6 Å². The maximum absolute atomic E-state index is 13.0. The summed E-state index contributed by atoms with van der Waals surface area (Å²) in [4.78, 5) is 44.2. The Labute approximate surface area is 194 Å². The number of nitrogens with zero attached hydrogens (tertiary/aromatic N) is 2. The number of fused-ring (bicyclic) bond motifs is 1. The summed E-state index contributed by atoms with van der Waals surface area (Å²) in [5.74, 6) is -1.05. The Kier molecular flexibility index (Phi) is 5.32. The fraction of sp³-hybridized carbons (Fsp3) is 0.0769. The molecule has 162 valence electrons. The van der Waals surface area contributed by atoms with E-state index >= 15 is 0 Å². The van der Waals surface area contributed by atoms with Crippen LogP contribution in [0.15, 0.2) is 78.2 Å². The number of hydrogen-bond acceptors (Lipinski definition) is 5. The summed E-state index contributed by atoms with van der Waals surface area (Å²) in [6.45, 7) is 2.04. The van der Waals surface area contributed by atoms with Gasteiger partial charge in [0, 0.05) is 16.5 Å². The van der Waals surface area contributed by atoms with Crippen LogP contribution in [0.2, 0.25) is 0 Å². The first-order valence-electron chi connectivity index (χ1n) is 10.4. The molecule has 2 heterocycles. The second kappa shape index (κ2) is 8.44. The van der Waals surface area contributed by atoms with Gasteiger partial charge in [-0.3, -0.25) is 24.6 Å². The van der Waals surface area contributed by atoms with Gasteiger partial charge >= 0.3 is 0 Å². The molecule has 3 amide bonds. The Bertz CT molecular complexity index is 1360. The maximum atomic E-state index is 13.0. The molecule has 0 atom stereocenters. The van der Waals surface area contributed by atoms with Crippen molar-refractivity contribution < 1.29 is 14.4 Å². The zero-order chi connectivity index (χ0) is 22.9. The van der Waals surface area contributed by atoms with Crippen LogP contribution < -0.4 is 5.32 Å². The second-order valence-electron chi connectivity index (χ2n) is 7.76. The van der Waals surface area contributed by atoms with Gasteiger partial charge in [0.1, 0.15) is 0 Å². The van der Waals surface area contributed by atoms with Gasteiger partial charge in [-0.1, -0.05) is 60.2 Å². The van der Waals surface area contributed by atoms with Crippen LogP contribution in [0.3, 0.4) is 0 Å². The number of anilines is 1. The molecular formula is C26H19N3O3S. The van der Waals surface area contributed by atoms with Crippen molar-refractivity contribution in [3.63, 3.8) is 0 Å². The molecule has 1 aliphatic heterocycles. The summed E-state index contributed by atoms with van der Waals surface area (Å²) in [6, 6.07) is 21.7. The maximum Gasteiger partial charge on any atom is 0.261 e. The smallest absolute Gasteiger partial charge is 0.261 e. The number of aryl methyl sites for hydroxylation is 1. The second-order valence-corrected chi connectivity index (χ2v) is 8.62. The van der Waals surface area contributed by atoms with Crippen molar-refractivity contribution in [1.29, 1.82) is 0 Å². The molecule has 0 radical (unpaired) electrons. The van der Waals surface area contributed by atoms with E-state index in [2.05, 4.69) is 10.3 Å². The molecule has 5 rings (SSSR count). The summed E-state index contributed by atoms with van der Waals surface area (Å²) in [6.07, 6.45) is 0. The summed E-state index contributed by atoms with van der Waals surface area (Å²) >= 11 is 1.34. The molecule has 33 heavy (non-hydrogen) atoms. The van der Waals surface area contributed by atoms with Crippen LogP contribution in [-0.2, 0) is 6.54 Å². The molecule has 7 heteroatoms. The van der Waals surface area contributed by atoms with Crippen LogP contribution in [0.1, 0.15) is 42.2 Å². The lowest BCUT2D eigenvalue weighted by atomic mass is 10.1. The van der Waals surface area contributed by atoms with Crippen LogP contribution in [0.5, 0.6) is 0 Å². The molecule has 4 aromatic rings. The van der Waals surface area contributed by atoms with E-state index in [9.17, 15) is 14.4 Å². The Morgan fingerprint density at radius 2 is 1.55 bits per heavy atom. The molecule has 1 N–H and O–H groups in total. The lowest BCUT2D eigenvalue weighted by Crippen LogP contribution is -2.30. The molecule has 0 fully saturated rings. The van der Waals surface area contributed by atoms with Gasteiger partial charge < -0.3 is 0 Å². The number of imide groups is 1. The van der Waals surface area contributed by atoms with Crippen LogP contribution >= 0.6 is 11.3 Å². The van der Waals surface area contributed by atoms with E-state index < -0.39 is 0 Å². The highest BCUT2D eigenvalue weighted by molar-refractivity contribution is 7.14. The predicted molar refractivity (Wildman–Crippen MR) is 127 cm³/mol. The molecule has 3 aromatic carbocycles. The molecule has 0 saturated heterocycles. The molecule has 1 aliphatic rings. The Morgan fingerprint density at radius 1 is 0.909 bits per heavy atom. The van der Waals surface area contributed by atoms with Crippen molar-refractivity contribution in [2.24, 2.45) is 0 Å². The number of thiazole rings is 1. The van der Waals surface area contributed by atoms with Crippen molar-refractivity contribution in [3.8, 4) is 11.3 Å². The fourth-order valence-electron chi connectivity index (χ4n) is 3.79. The lowest BCUT2D eigenvalue weighted by molar-refractivity contribution is 0.0640. The van der Waals surface area contributed by atoms with Gasteiger partial charge in [0.2, 0.25) is 0 Å². The minimum absolute atomic E-state index is 0.0163. The third-order valence-corrected chi connectivity index (χ3v) is 6.30. The molecule has 0 spiro atoms. The average molecular weight is 454 g/mol. The first kappa shape index (κ1) is 20.8. The van der Waals surface area contributed by atoms with E-state index in [-0.39, 0.29) is 24.3 Å². The predicted octanol–water partition coefficient (Wildman–Crippen LogP) is 5.17. The molecule has 0 aliphatic carbocycles. The highest BCUT2D eigenvalue weighted by Gasteiger charge is 2.35. The molecule has 1 aromatic heterocycles. The topological polar surface area (TPSA) is 79.4 Å². The number of amides is 3. The number of carbonyl (C=O) groups is 3. The number of aromatic nitrogens is 1. The minimum Gasteiger partial charge on any atom is -0.298 e. The number of carbonyl (C=O) groups excluding carboxylic acids is 3. The highest BCUT2D eigenvalue weighted by atomic mass is 32.1. The van der Waals surface area contributed by atoms with Gasteiger partial charge in [-0.25, -0.2) is 4.98 Å². The van der Waals surface area contributed by atoms with Crippen LogP contribution in [-0.4, -0.2) is 27.6 Å². The molecule has 0 saturated carbocycles.